The van der Waals surface area contributed by atoms with Crippen molar-refractivity contribution < 1.29 is 4.74 Å². The minimum atomic E-state index is 0.248. The lowest BCUT2D eigenvalue weighted by atomic mass is 9.95. The number of guanidine groups is 1. The number of benzene rings is 1. The molecule has 3 heterocycles. The summed E-state index contributed by atoms with van der Waals surface area (Å²) in [7, 11) is 1.91. The molecule has 0 bridgehead atoms. The van der Waals surface area contributed by atoms with Gasteiger partial charge in [0.1, 0.15) is 0 Å². The summed E-state index contributed by atoms with van der Waals surface area (Å²) in [6.45, 7) is 6.81. The summed E-state index contributed by atoms with van der Waals surface area (Å²) >= 11 is 2.08. The van der Waals surface area contributed by atoms with Gasteiger partial charge in [0.05, 0.1) is 13.2 Å². The topological polar surface area (TPSA) is 40.1 Å². The van der Waals surface area contributed by atoms with Crippen LogP contribution in [0.4, 0.5) is 0 Å². The average Bonchev–Trinajstić information content (AvgIpc) is 3.19. The van der Waals surface area contributed by atoms with Crippen molar-refractivity contribution in [1.82, 2.24) is 15.1 Å². The zero-order valence-electron chi connectivity index (χ0n) is 15.7. The Morgan fingerprint density at radius 1 is 1.23 bits per heavy atom. The number of thioether (sulfide) groups is 1. The summed E-state index contributed by atoms with van der Waals surface area (Å²) < 4.78 is 5.58. The van der Waals surface area contributed by atoms with Crippen LogP contribution in [0.5, 0.6) is 0 Å². The van der Waals surface area contributed by atoms with Crippen LogP contribution in [0.3, 0.4) is 0 Å². The Balaban J connectivity index is 1.42. The first-order valence-electron chi connectivity index (χ1n) is 9.74. The SMILES string of the molecule is CN=C(NCC1(N2CCOCC2)CCSC1)N1CCc2ccccc2C1. The molecule has 1 unspecified atom stereocenters. The highest BCUT2D eigenvalue weighted by atomic mass is 32.2. The molecule has 4 rings (SSSR count). The zero-order valence-corrected chi connectivity index (χ0v) is 16.6. The molecule has 0 saturated carbocycles. The molecule has 142 valence electrons. The molecule has 0 aliphatic carbocycles. The molecular weight excluding hydrogens is 344 g/mol. The van der Waals surface area contributed by atoms with Crippen molar-refractivity contribution >= 4 is 17.7 Å². The van der Waals surface area contributed by atoms with Gasteiger partial charge >= 0.3 is 0 Å². The van der Waals surface area contributed by atoms with Crippen molar-refractivity contribution in [2.75, 3.05) is 57.9 Å². The summed E-state index contributed by atoms with van der Waals surface area (Å²) in [5.41, 5.74) is 3.16. The summed E-state index contributed by atoms with van der Waals surface area (Å²) in [6.07, 6.45) is 2.35. The minimum absolute atomic E-state index is 0.248. The van der Waals surface area contributed by atoms with Gasteiger partial charge in [-0.15, -0.1) is 0 Å². The van der Waals surface area contributed by atoms with E-state index in [1.54, 1.807) is 0 Å². The first kappa shape index (κ1) is 18.1. The van der Waals surface area contributed by atoms with Crippen LogP contribution in [-0.4, -0.2) is 79.2 Å². The maximum atomic E-state index is 5.58. The lowest BCUT2D eigenvalue weighted by molar-refractivity contribution is -0.0121. The highest BCUT2D eigenvalue weighted by Crippen LogP contribution is 2.33. The van der Waals surface area contributed by atoms with E-state index in [2.05, 4.69) is 56.1 Å². The van der Waals surface area contributed by atoms with Crippen molar-refractivity contribution in [3.8, 4) is 0 Å². The van der Waals surface area contributed by atoms with E-state index in [1.807, 2.05) is 7.05 Å². The molecule has 3 aliphatic rings. The lowest BCUT2D eigenvalue weighted by Gasteiger charge is -2.43. The molecule has 1 N–H and O–H groups in total. The fraction of sp³-hybridized carbons (Fsp3) is 0.650. The van der Waals surface area contributed by atoms with Crippen LogP contribution in [0.1, 0.15) is 17.5 Å². The molecule has 0 amide bonds. The maximum absolute atomic E-state index is 5.58. The normalized spacial score (nSPS) is 27.4. The molecular formula is C20H30N4OS. The van der Waals surface area contributed by atoms with Crippen molar-refractivity contribution in [2.24, 2.45) is 4.99 Å². The smallest absolute Gasteiger partial charge is 0.194 e. The second-order valence-corrected chi connectivity index (χ2v) is 8.57. The molecule has 26 heavy (non-hydrogen) atoms. The second-order valence-electron chi connectivity index (χ2n) is 7.47. The third-order valence-electron chi connectivity index (χ3n) is 5.98. The Morgan fingerprint density at radius 3 is 2.77 bits per heavy atom. The van der Waals surface area contributed by atoms with Gasteiger partial charge in [0.15, 0.2) is 5.96 Å². The van der Waals surface area contributed by atoms with Crippen LogP contribution < -0.4 is 5.32 Å². The van der Waals surface area contributed by atoms with Crippen LogP contribution >= 0.6 is 11.8 Å². The third-order valence-corrected chi connectivity index (χ3v) is 7.22. The summed E-state index contributed by atoms with van der Waals surface area (Å²) in [5, 5.41) is 3.73. The predicted octanol–water partition coefficient (Wildman–Crippen LogP) is 1.83. The van der Waals surface area contributed by atoms with Gasteiger partial charge in [-0.3, -0.25) is 9.89 Å². The van der Waals surface area contributed by atoms with Crippen LogP contribution in [0.2, 0.25) is 0 Å². The quantitative estimate of drug-likeness (QED) is 0.646. The van der Waals surface area contributed by atoms with Crippen LogP contribution in [0, 0.1) is 0 Å². The Morgan fingerprint density at radius 2 is 2.04 bits per heavy atom. The number of aliphatic imine (C=N–C) groups is 1. The monoisotopic (exact) mass is 374 g/mol. The van der Waals surface area contributed by atoms with E-state index in [9.17, 15) is 0 Å². The largest absolute Gasteiger partial charge is 0.379 e. The van der Waals surface area contributed by atoms with E-state index in [0.29, 0.717) is 0 Å². The Labute approximate surface area is 161 Å². The lowest BCUT2D eigenvalue weighted by Crippen LogP contribution is -2.60. The fourth-order valence-corrected chi connectivity index (χ4v) is 5.86. The van der Waals surface area contributed by atoms with Gasteiger partial charge in [0.2, 0.25) is 0 Å². The molecule has 1 aromatic rings. The summed E-state index contributed by atoms with van der Waals surface area (Å²) in [4.78, 5) is 9.66. The van der Waals surface area contributed by atoms with Crippen molar-refractivity contribution in [3.63, 3.8) is 0 Å². The molecule has 1 aromatic carbocycles. The summed E-state index contributed by atoms with van der Waals surface area (Å²) in [5.74, 6) is 3.51. The van der Waals surface area contributed by atoms with Gasteiger partial charge in [0.25, 0.3) is 0 Å². The highest BCUT2D eigenvalue weighted by molar-refractivity contribution is 7.99. The Hall–Kier alpha value is -1.24. The number of ether oxygens (including phenoxy) is 1. The van der Waals surface area contributed by atoms with Crippen molar-refractivity contribution in [2.45, 2.75) is 24.9 Å². The van der Waals surface area contributed by atoms with Crippen LogP contribution in [0.15, 0.2) is 29.3 Å². The van der Waals surface area contributed by atoms with Crippen molar-refractivity contribution in [3.05, 3.63) is 35.4 Å². The molecule has 2 fully saturated rings. The molecule has 0 spiro atoms. The third kappa shape index (κ3) is 3.73. The first-order chi connectivity index (χ1) is 12.8. The number of hydrogen-bond acceptors (Lipinski definition) is 4. The Kier molecular flexibility index (Phi) is 5.72. The zero-order chi connectivity index (χ0) is 17.8. The molecule has 0 aromatic heterocycles. The molecule has 0 radical (unpaired) electrons. The van der Waals surface area contributed by atoms with Gasteiger partial charge in [-0.1, -0.05) is 24.3 Å². The summed E-state index contributed by atoms with van der Waals surface area (Å²) in [6, 6.07) is 8.79. The first-order valence-corrected chi connectivity index (χ1v) is 10.9. The molecule has 5 nitrogen and oxygen atoms in total. The highest BCUT2D eigenvalue weighted by Gasteiger charge is 2.41. The van der Waals surface area contributed by atoms with Crippen LogP contribution in [-0.2, 0) is 17.7 Å². The maximum Gasteiger partial charge on any atom is 0.194 e. The minimum Gasteiger partial charge on any atom is -0.379 e. The van der Waals surface area contributed by atoms with E-state index in [4.69, 9.17) is 4.74 Å². The number of nitrogens with one attached hydrogen (secondary N) is 1. The van der Waals surface area contributed by atoms with Gasteiger partial charge in [-0.2, -0.15) is 11.8 Å². The van der Waals surface area contributed by atoms with E-state index < -0.39 is 0 Å². The van der Waals surface area contributed by atoms with Crippen LogP contribution in [0.25, 0.3) is 0 Å². The van der Waals surface area contributed by atoms with Gasteiger partial charge < -0.3 is 15.0 Å². The number of hydrogen-bond donors (Lipinski definition) is 1. The predicted molar refractivity (Wildman–Crippen MR) is 109 cm³/mol. The standard InChI is InChI=1S/C20H30N4OS/c1-21-19(23-8-6-17-4-2-3-5-18(17)14-23)22-15-20(7-13-26-16-20)24-9-11-25-12-10-24/h2-5H,6-16H2,1H3,(H,21,22). The number of nitrogens with zero attached hydrogens (tertiary/aromatic N) is 3. The number of morpholine rings is 1. The number of fused-ring (bicyclic) bond motifs is 1. The van der Waals surface area contributed by atoms with E-state index in [1.165, 1.54) is 29.1 Å². The second kappa shape index (κ2) is 8.19. The fourth-order valence-electron chi connectivity index (χ4n) is 4.39. The molecule has 6 heteroatoms. The molecule has 3 aliphatic heterocycles. The Bertz CT molecular complexity index is 638. The van der Waals surface area contributed by atoms with E-state index in [-0.39, 0.29) is 5.54 Å². The van der Waals surface area contributed by atoms with Gasteiger partial charge in [-0.25, -0.2) is 0 Å². The van der Waals surface area contributed by atoms with Gasteiger partial charge in [-0.05, 0) is 29.7 Å². The molecule has 1 atom stereocenters. The number of rotatable bonds is 3. The molecule has 2 saturated heterocycles. The van der Waals surface area contributed by atoms with E-state index >= 15 is 0 Å². The van der Waals surface area contributed by atoms with Gasteiger partial charge in [0, 0.05) is 51.1 Å². The van der Waals surface area contributed by atoms with Crippen molar-refractivity contribution in [1.29, 1.82) is 0 Å². The van der Waals surface area contributed by atoms with E-state index in [0.717, 1.165) is 58.3 Å². The average molecular weight is 375 g/mol.